The number of alkyl halides is 2. The summed E-state index contributed by atoms with van der Waals surface area (Å²) in [6.07, 6.45) is 0. The number of ether oxygens (including phenoxy) is 1. The monoisotopic (exact) mass is 356 g/mol. The van der Waals surface area contributed by atoms with Gasteiger partial charge in [0.2, 0.25) is 0 Å². The fourth-order valence-corrected chi connectivity index (χ4v) is 2.79. The first-order valence-electron chi connectivity index (χ1n) is 6.76. The van der Waals surface area contributed by atoms with Gasteiger partial charge in [0.05, 0.1) is 12.1 Å². The van der Waals surface area contributed by atoms with Crippen LogP contribution in [0.25, 0.3) is 0 Å². The Kier molecular flexibility index (Phi) is 7.28. The van der Waals surface area contributed by atoms with E-state index in [4.69, 9.17) is 21.4 Å². The van der Waals surface area contributed by atoms with Crippen molar-refractivity contribution in [3.63, 3.8) is 0 Å². The van der Waals surface area contributed by atoms with Gasteiger partial charge in [-0.15, -0.1) is 12.4 Å². The second-order valence-electron chi connectivity index (χ2n) is 5.00. The minimum absolute atomic E-state index is 0. The van der Waals surface area contributed by atoms with Crippen LogP contribution in [0.4, 0.5) is 8.78 Å². The molecule has 1 aliphatic rings. The van der Waals surface area contributed by atoms with Gasteiger partial charge in [0, 0.05) is 26.2 Å². The molecule has 1 heterocycles. The van der Waals surface area contributed by atoms with Crippen LogP contribution in [0.2, 0.25) is 5.02 Å². The molecule has 0 aromatic heterocycles. The van der Waals surface area contributed by atoms with Gasteiger partial charge in [-0.25, -0.2) is 8.78 Å². The summed E-state index contributed by atoms with van der Waals surface area (Å²) in [5.41, 5.74) is 0.386. The summed E-state index contributed by atoms with van der Waals surface area (Å²) >= 11 is 5.95. The molecule has 2 rings (SSSR count). The quantitative estimate of drug-likeness (QED) is 0.849. The van der Waals surface area contributed by atoms with E-state index in [-0.39, 0.29) is 12.4 Å². The summed E-state index contributed by atoms with van der Waals surface area (Å²) in [6, 6.07) is 3.41. The standard InChI is InChI=1S/C14H19ClF2N2O2.ClH/c1-21-12-8-10(2-3-11(12)15)13(14(16,17)9-20)19-6-4-18-5-7-19;/h2-3,8,13,18,20H,4-7,9H2,1H3;1H/t13-;/m1./s1. The van der Waals surface area contributed by atoms with Crippen LogP contribution in [0.3, 0.4) is 0 Å². The Morgan fingerprint density at radius 1 is 1.41 bits per heavy atom. The zero-order valence-corrected chi connectivity index (χ0v) is 13.8. The predicted molar refractivity (Wildman–Crippen MR) is 84.5 cm³/mol. The molecule has 0 saturated carbocycles. The highest BCUT2D eigenvalue weighted by Gasteiger charge is 2.44. The van der Waals surface area contributed by atoms with E-state index in [1.54, 1.807) is 17.0 Å². The summed E-state index contributed by atoms with van der Waals surface area (Å²) in [5, 5.41) is 12.6. The Hall–Kier alpha value is -0.660. The summed E-state index contributed by atoms with van der Waals surface area (Å²) in [7, 11) is 1.44. The van der Waals surface area contributed by atoms with Crippen molar-refractivity contribution in [3.05, 3.63) is 28.8 Å². The minimum atomic E-state index is -3.24. The molecule has 22 heavy (non-hydrogen) atoms. The topological polar surface area (TPSA) is 44.7 Å². The highest BCUT2D eigenvalue weighted by atomic mass is 35.5. The van der Waals surface area contributed by atoms with Crippen molar-refractivity contribution in [1.82, 2.24) is 10.2 Å². The molecule has 1 aliphatic heterocycles. The van der Waals surface area contributed by atoms with Crippen molar-refractivity contribution in [2.24, 2.45) is 0 Å². The Morgan fingerprint density at radius 3 is 2.59 bits per heavy atom. The third-order valence-electron chi connectivity index (χ3n) is 3.62. The summed E-state index contributed by atoms with van der Waals surface area (Å²) in [6.45, 7) is 1.06. The number of piperazine rings is 1. The first-order valence-corrected chi connectivity index (χ1v) is 7.14. The van der Waals surface area contributed by atoms with E-state index in [1.165, 1.54) is 13.2 Å². The van der Waals surface area contributed by atoms with E-state index < -0.39 is 18.6 Å². The van der Waals surface area contributed by atoms with Crippen molar-refractivity contribution in [2.45, 2.75) is 12.0 Å². The molecule has 0 unspecified atom stereocenters. The number of methoxy groups -OCH3 is 1. The molecule has 1 fully saturated rings. The van der Waals surface area contributed by atoms with Crippen LogP contribution in [0.15, 0.2) is 18.2 Å². The summed E-state index contributed by atoms with van der Waals surface area (Å²) in [4.78, 5) is 1.68. The van der Waals surface area contributed by atoms with Crippen LogP contribution < -0.4 is 10.1 Å². The average Bonchev–Trinajstić information content (AvgIpc) is 2.50. The fraction of sp³-hybridized carbons (Fsp3) is 0.571. The van der Waals surface area contributed by atoms with E-state index >= 15 is 0 Å². The lowest BCUT2D eigenvalue weighted by molar-refractivity contribution is -0.118. The molecule has 0 radical (unpaired) electrons. The average molecular weight is 357 g/mol. The van der Waals surface area contributed by atoms with Crippen molar-refractivity contribution >= 4 is 24.0 Å². The lowest BCUT2D eigenvalue weighted by atomic mass is 9.98. The summed E-state index contributed by atoms with van der Waals surface area (Å²) in [5.74, 6) is -2.89. The maximum atomic E-state index is 14.2. The van der Waals surface area contributed by atoms with Gasteiger partial charge in [0.25, 0.3) is 5.92 Å². The Labute approximate surface area is 139 Å². The molecule has 1 aromatic carbocycles. The molecule has 4 nitrogen and oxygen atoms in total. The normalized spacial score (nSPS) is 17.7. The Bertz CT molecular complexity index is 486. The first-order chi connectivity index (χ1) is 9.99. The van der Waals surface area contributed by atoms with Crippen LogP contribution in [-0.2, 0) is 0 Å². The van der Waals surface area contributed by atoms with E-state index in [9.17, 15) is 8.78 Å². The number of hydrogen-bond donors (Lipinski definition) is 2. The first kappa shape index (κ1) is 19.4. The van der Waals surface area contributed by atoms with Crippen molar-refractivity contribution < 1.29 is 18.6 Å². The van der Waals surface area contributed by atoms with Gasteiger partial charge in [-0.05, 0) is 17.7 Å². The van der Waals surface area contributed by atoms with Gasteiger partial charge < -0.3 is 15.2 Å². The molecule has 1 saturated heterocycles. The van der Waals surface area contributed by atoms with E-state index in [0.717, 1.165) is 0 Å². The van der Waals surface area contributed by atoms with Gasteiger partial charge in [-0.2, -0.15) is 0 Å². The second kappa shape index (κ2) is 8.26. The number of nitrogens with zero attached hydrogens (tertiary/aromatic N) is 1. The largest absolute Gasteiger partial charge is 0.495 e. The van der Waals surface area contributed by atoms with Crippen molar-refractivity contribution in [1.29, 1.82) is 0 Å². The number of hydrogen-bond acceptors (Lipinski definition) is 4. The Balaban J connectivity index is 0.00000242. The molecule has 1 atom stereocenters. The number of benzene rings is 1. The fourth-order valence-electron chi connectivity index (χ4n) is 2.60. The number of rotatable bonds is 5. The predicted octanol–water partition coefficient (Wildman–Crippen LogP) is 2.34. The molecule has 0 spiro atoms. The third-order valence-corrected chi connectivity index (χ3v) is 3.93. The molecule has 0 bridgehead atoms. The van der Waals surface area contributed by atoms with Gasteiger partial charge in [0.1, 0.15) is 18.4 Å². The highest BCUT2D eigenvalue weighted by Crippen LogP contribution is 2.39. The van der Waals surface area contributed by atoms with Crippen LogP contribution in [0.5, 0.6) is 5.75 Å². The zero-order chi connectivity index (χ0) is 15.5. The molecule has 0 aliphatic carbocycles. The number of halogens is 4. The van der Waals surface area contributed by atoms with Gasteiger partial charge in [-0.3, -0.25) is 4.90 Å². The van der Waals surface area contributed by atoms with Crippen LogP contribution in [0.1, 0.15) is 11.6 Å². The number of aliphatic hydroxyl groups excluding tert-OH is 1. The van der Waals surface area contributed by atoms with E-state index in [0.29, 0.717) is 42.5 Å². The van der Waals surface area contributed by atoms with Crippen molar-refractivity contribution in [3.8, 4) is 5.75 Å². The van der Waals surface area contributed by atoms with Gasteiger partial charge in [-0.1, -0.05) is 17.7 Å². The maximum Gasteiger partial charge on any atom is 0.289 e. The zero-order valence-electron chi connectivity index (χ0n) is 12.2. The van der Waals surface area contributed by atoms with Gasteiger partial charge >= 0.3 is 0 Å². The molecular formula is C14H20Cl2F2N2O2. The maximum absolute atomic E-state index is 14.2. The lowest BCUT2D eigenvalue weighted by Crippen LogP contribution is -2.51. The van der Waals surface area contributed by atoms with E-state index in [1.807, 2.05) is 0 Å². The lowest BCUT2D eigenvalue weighted by Gasteiger charge is -2.38. The Morgan fingerprint density at radius 2 is 2.05 bits per heavy atom. The molecular weight excluding hydrogens is 337 g/mol. The molecule has 126 valence electrons. The third kappa shape index (κ3) is 4.20. The van der Waals surface area contributed by atoms with Crippen LogP contribution >= 0.6 is 24.0 Å². The SMILES string of the molecule is COc1cc([C@@H](N2CCNCC2)C(F)(F)CO)ccc1Cl.Cl. The highest BCUT2D eigenvalue weighted by molar-refractivity contribution is 6.32. The van der Waals surface area contributed by atoms with E-state index in [2.05, 4.69) is 5.32 Å². The van der Waals surface area contributed by atoms with Crippen LogP contribution in [-0.4, -0.2) is 55.8 Å². The molecule has 8 heteroatoms. The number of nitrogens with one attached hydrogen (secondary N) is 1. The van der Waals surface area contributed by atoms with Crippen LogP contribution in [0, 0.1) is 0 Å². The molecule has 0 amide bonds. The number of aliphatic hydroxyl groups is 1. The molecule has 1 aromatic rings. The van der Waals surface area contributed by atoms with Gasteiger partial charge in [0.15, 0.2) is 0 Å². The smallest absolute Gasteiger partial charge is 0.289 e. The molecule has 2 N–H and O–H groups in total. The second-order valence-corrected chi connectivity index (χ2v) is 5.41. The minimum Gasteiger partial charge on any atom is -0.495 e. The summed E-state index contributed by atoms with van der Waals surface area (Å²) < 4.78 is 33.6. The van der Waals surface area contributed by atoms with Crippen molar-refractivity contribution in [2.75, 3.05) is 39.9 Å².